The van der Waals surface area contributed by atoms with Crippen LogP contribution in [0.4, 0.5) is 0 Å². The Morgan fingerprint density at radius 1 is 1.11 bits per heavy atom. The molecule has 1 unspecified atom stereocenters. The summed E-state index contributed by atoms with van der Waals surface area (Å²) in [6, 6.07) is 15.1. The van der Waals surface area contributed by atoms with Crippen LogP contribution in [0.3, 0.4) is 0 Å². The number of rotatable bonds is 8. The molecule has 0 spiro atoms. The highest BCUT2D eigenvalue weighted by Crippen LogP contribution is 2.32. The van der Waals surface area contributed by atoms with E-state index >= 15 is 0 Å². The lowest BCUT2D eigenvalue weighted by molar-refractivity contribution is -0.125. The molecule has 1 atom stereocenters. The summed E-state index contributed by atoms with van der Waals surface area (Å²) in [7, 11) is 1.47. The number of methoxy groups -OCH3 is 1. The van der Waals surface area contributed by atoms with Crippen molar-refractivity contribution in [3.05, 3.63) is 65.7 Å². The molecule has 9 nitrogen and oxygen atoms in total. The molecule has 182 valence electrons. The highest BCUT2D eigenvalue weighted by Gasteiger charge is 2.35. The van der Waals surface area contributed by atoms with Crippen LogP contribution >= 0.6 is 0 Å². The molecule has 1 saturated heterocycles. The summed E-state index contributed by atoms with van der Waals surface area (Å²) in [6.45, 7) is 0.374. The molecule has 4 N–H and O–H groups in total. The van der Waals surface area contributed by atoms with E-state index in [0.717, 1.165) is 10.9 Å². The molecular weight excluding hydrogens is 450 g/mol. The van der Waals surface area contributed by atoms with Crippen molar-refractivity contribution in [1.29, 1.82) is 0 Å². The number of nitrogens with two attached hydrogens (primary N) is 1. The van der Waals surface area contributed by atoms with Gasteiger partial charge in [0.25, 0.3) is 11.8 Å². The van der Waals surface area contributed by atoms with E-state index in [1.807, 2.05) is 12.1 Å². The summed E-state index contributed by atoms with van der Waals surface area (Å²) < 4.78 is 10.6. The Labute approximate surface area is 202 Å². The molecule has 0 aromatic heterocycles. The van der Waals surface area contributed by atoms with Crippen LogP contribution in [0.5, 0.6) is 17.2 Å². The Morgan fingerprint density at radius 2 is 1.91 bits per heavy atom. The zero-order valence-corrected chi connectivity index (χ0v) is 19.3. The van der Waals surface area contributed by atoms with E-state index in [1.165, 1.54) is 12.0 Å². The Hall–Kier alpha value is -4.27. The first-order valence-electron chi connectivity index (χ1n) is 11.3. The van der Waals surface area contributed by atoms with Crippen molar-refractivity contribution in [2.75, 3.05) is 20.3 Å². The fourth-order valence-electron chi connectivity index (χ4n) is 4.26. The van der Waals surface area contributed by atoms with Crippen LogP contribution in [-0.2, 0) is 16.1 Å². The van der Waals surface area contributed by atoms with Gasteiger partial charge in [0.15, 0.2) is 18.1 Å². The third-order valence-electron chi connectivity index (χ3n) is 6.01. The van der Waals surface area contributed by atoms with E-state index in [1.54, 1.807) is 42.5 Å². The van der Waals surface area contributed by atoms with Crippen LogP contribution in [0.1, 0.15) is 28.8 Å². The van der Waals surface area contributed by atoms with E-state index in [4.69, 9.17) is 15.2 Å². The summed E-state index contributed by atoms with van der Waals surface area (Å²) >= 11 is 0. The maximum atomic E-state index is 13.3. The summed E-state index contributed by atoms with van der Waals surface area (Å²) in [4.78, 5) is 38.7. The van der Waals surface area contributed by atoms with Gasteiger partial charge in [0.2, 0.25) is 5.91 Å². The van der Waals surface area contributed by atoms with Gasteiger partial charge >= 0.3 is 0 Å². The Kier molecular flexibility index (Phi) is 7.05. The van der Waals surface area contributed by atoms with Gasteiger partial charge in [-0.25, -0.2) is 0 Å². The molecule has 0 bridgehead atoms. The zero-order chi connectivity index (χ0) is 24.9. The Morgan fingerprint density at radius 3 is 2.69 bits per heavy atom. The molecular formula is C26H27N3O6. The minimum atomic E-state index is -0.631. The van der Waals surface area contributed by atoms with Gasteiger partial charge in [-0.2, -0.15) is 0 Å². The largest absolute Gasteiger partial charge is 0.506 e. The van der Waals surface area contributed by atoms with Crippen LogP contribution in [0.15, 0.2) is 54.6 Å². The number of carbonyl (C=O) groups is 3. The van der Waals surface area contributed by atoms with Crippen molar-refractivity contribution >= 4 is 28.5 Å². The first kappa shape index (κ1) is 23.9. The van der Waals surface area contributed by atoms with E-state index in [-0.39, 0.29) is 36.3 Å². The normalized spacial score (nSPS) is 15.1. The maximum Gasteiger partial charge on any atom is 0.258 e. The molecule has 4 rings (SSSR count). The molecule has 1 heterocycles. The number of nitrogens with zero attached hydrogens (tertiary/aromatic N) is 1. The second-order valence-electron chi connectivity index (χ2n) is 8.30. The lowest BCUT2D eigenvalue weighted by Crippen LogP contribution is -2.45. The van der Waals surface area contributed by atoms with E-state index in [9.17, 15) is 19.5 Å². The van der Waals surface area contributed by atoms with E-state index in [2.05, 4.69) is 5.32 Å². The smallest absolute Gasteiger partial charge is 0.258 e. The summed E-state index contributed by atoms with van der Waals surface area (Å²) in [6.07, 6.45) is 1.23. The number of amides is 3. The minimum Gasteiger partial charge on any atom is -0.506 e. The number of fused-ring (bicyclic) bond motifs is 1. The highest BCUT2D eigenvalue weighted by atomic mass is 16.5. The average Bonchev–Trinajstić information content (AvgIpc) is 3.36. The number of phenolic OH excluding ortho intramolecular Hbond substituents is 1. The molecule has 9 heteroatoms. The number of ether oxygens (including phenoxy) is 2. The SMILES string of the molecule is COc1cc(CNC(=O)C2CCCN2C(=O)c2ccc3ccccc3c2O)ccc1OCC(N)=O. The number of phenols is 1. The Bertz CT molecular complexity index is 1280. The molecule has 3 aromatic rings. The number of hydrogen-bond donors (Lipinski definition) is 3. The van der Waals surface area contributed by atoms with Gasteiger partial charge in [0.05, 0.1) is 12.7 Å². The van der Waals surface area contributed by atoms with Gasteiger partial charge in [-0.05, 0) is 42.0 Å². The molecule has 0 aliphatic carbocycles. The molecule has 1 aliphatic heterocycles. The number of likely N-dealkylation sites (tertiary alicyclic amines) is 1. The van der Waals surface area contributed by atoms with Gasteiger partial charge in [-0.15, -0.1) is 0 Å². The second kappa shape index (κ2) is 10.3. The summed E-state index contributed by atoms with van der Waals surface area (Å²) in [5.74, 6) is -0.555. The fourth-order valence-corrected chi connectivity index (χ4v) is 4.26. The standard InChI is InChI=1S/C26H27N3O6/c1-34-22-13-16(8-11-21(22)35-15-23(27)30)14-28-25(32)20-7-4-12-29(20)26(33)19-10-9-17-5-2-3-6-18(17)24(19)31/h2-3,5-6,8-11,13,20,31H,4,7,12,14-15H2,1H3,(H2,27,30)(H,28,32). The molecule has 1 fully saturated rings. The third-order valence-corrected chi connectivity index (χ3v) is 6.01. The monoisotopic (exact) mass is 477 g/mol. The number of nitrogens with one attached hydrogen (secondary N) is 1. The van der Waals surface area contributed by atoms with Crippen LogP contribution in [0, 0.1) is 0 Å². The predicted octanol–water partition coefficient (Wildman–Crippen LogP) is 2.34. The fraction of sp³-hybridized carbons (Fsp3) is 0.269. The lowest BCUT2D eigenvalue weighted by atomic mass is 10.0. The van der Waals surface area contributed by atoms with Gasteiger partial charge in [0.1, 0.15) is 11.8 Å². The van der Waals surface area contributed by atoms with Crippen LogP contribution in [0.25, 0.3) is 10.8 Å². The van der Waals surface area contributed by atoms with Gasteiger partial charge < -0.3 is 30.5 Å². The van der Waals surface area contributed by atoms with Crippen molar-refractivity contribution in [3.63, 3.8) is 0 Å². The second-order valence-corrected chi connectivity index (χ2v) is 8.30. The molecule has 3 amide bonds. The maximum absolute atomic E-state index is 13.3. The van der Waals surface area contributed by atoms with Crippen LogP contribution < -0.4 is 20.5 Å². The molecule has 35 heavy (non-hydrogen) atoms. The number of primary amides is 1. The van der Waals surface area contributed by atoms with Crippen molar-refractivity contribution < 1.29 is 29.0 Å². The van der Waals surface area contributed by atoms with Crippen molar-refractivity contribution in [1.82, 2.24) is 10.2 Å². The minimum absolute atomic E-state index is 0.0788. The van der Waals surface area contributed by atoms with E-state index in [0.29, 0.717) is 36.3 Å². The molecule has 3 aromatic carbocycles. The van der Waals surface area contributed by atoms with Gasteiger partial charge in [-0.1, -0.05) is 36.4 Å². The lowest BCUT2D eigenvalue weighted by Gasteiger charge is -2.24. The number of hydrogen-bond acceptors (Lipinski definition) is 6. The summed E-state index contributed by atoms with van der Waals surface area (Å²) in [5, 5.41) is 15.0. The zero-order valence-electron chi connectivity index (χ0n) is 19.3. The predicted molar refractivity (Wildman–Crippen MR) is 129 cm³/mol. The third kappa shape index (κ3) is 5.13. The van der Waals surface area contributed by atoms with Gasteiger partial charge in [0, 0.05) is 18.5 Å². The summed E-state index contributed by atoms with van der Waals surface area (Å²) in [5.41, 5.74) is 6.05. The first-order valence-corrected chi connectivity index (χ1v) is 11.3. The van der Waals surface area contributed by atoms with Gasteiger partial charge in [-0.3, -0.25) is 14.4 Å². The Balaban J connectivity index is 1.44. The highest BCUT2D eigenvalue weighted by molar-refractivity contribution is 6.05. The molecule has 1 aliphatic rings. The van der Waals surface area contributed by atoms with Crippen molar-refractivity contribution in [2.45, 2.75) is 25.4 Å². The van der Waals surface area contributed by atoms with Crippen LogP contribution in [-0.4, -0.2) is 54.0 Å². The first-order chi connectivity index (χ1) is 16.9. The average molecular weight is 478 g/mol. The number of benzene rings is 3. The molecule has 0 saturated carbocycles. The van der Waals surface area contributed by atoms with Crippen LogP contribution in [0.2, 0.25) is 0 Å². The number of aromatic hydroxyl groups is 1. The van der Waals surface area contributed by atoms with E-state index < -0.39 is 11.9 Å². The number of carbonyl (C=O) groups excluding carboxylic acids is 3. The molecule has 0 radical (unpaired) electrons. The van der Waals surface area contributed by atoms with Crippen molar-refractivity contribution in [2.24, 2.45) is 5.73 Å². The quantitative estimate of drug-likeness (QED) is 0.456. The van der Waals surface area contributed by atoms with Crippen molar-refractivity contribution in [3.8, 4) is 17.2 Å². The topological polar surface area (TPSA) is 131 Å².